The van der Waals surface area contributed by atoms with Crippen LogP contribution in [-0.2, 0) is 0 Å². The number of halogens is 1. The quantitative estimate of drug-likeness (QED) is 0.800. The normalized spacial score (nSPS) is 10.1. The van der Waals surface area contributed by atoms with E-state index in [0.29, 0.717) is 28.6 Å². The third-order valence-electron chi connectivity index (χ3n) is 3.03. The molecule has 2 aromatic rings. The lowest BCUT2D eigenvalue weighted by atomic mass is 10.1. The van der Waals surface area contributed by atoms with Crippen LogP contribution in [0.15, 0.2) is 54.6 Å². The van der Waals surface area contributed by atoms with E-state index in [2.05, 4.69) is 11.9 Å². The summed E-state index contributed by atoms with van der Waals surface area (Å²) in [5.41, 5.74) is 3.10. The number of hydrogen-bond acceptors (Lipinski definition) is 2. The number of amides is 1. The van der Waals surface area contributed by atoms with Crippen molar-refractivity contribution in [3.05, 3.63) is 70.8 Å². The molecule has 0 atom stereocenters. The molecule has 0 fully saturated rings. The van der Waals surface area contributed by atoms with E-state index in [-0.39, 0.29) is 5.91 Å². The second-order valence-electron chi connectivity index (χ2n) is 5.19. The van der Waals surface area contributed by atoms with Crippen molar-refractivity contribution in [1.82, 2.24) is 0 Å². The number of benzene rings is 2. The lowest BCUT2D eigenvalue weighted by Gasteiger charge is -2.10. The zero-order chi connectivity index (χ0) is 16.1. The molecule has 2 rings (SSSR count). The average molecular weight is 316 g/mol. The minimum absolute atomic E-state index is 0.203. The molecule has 22 heavy (non-hydrogen) atoms. The highest BCUT2D eigenvalue weighted by molar-refractivity contribution is 6.31. The van der Waals surface area contributed by atoms with Crippen molar-refractivity contribution in [2.24, 2.45) is 0 Å². The molecule has 0 radical (unpaired) electrons. The zero-order valence-corrected chi connectivity index (χ0v) is 13.4. The monoisotopic (exact) mass is 315 g/mol. The standard InChI is InChI=1S/C18H18ClNO2/c1-12(2)11-22-16-6-4-5-14(9-16)18(21)20-17-10-15(19)8-7-13(17)3/h4-10H,1,11H2,2-3H3,(H,20,21). The van der Waals surface area contributed by atoms with Gasteiger partial charge in [-0.3, -0.25) is 4.79 Å². The first-order chi connectivity index (χ1) is 10.5. The Morgan fingerprint density at radius 2 is 2.05 bits per heavy atom. The fraction of sp³-hybridized carbons (Fsp3) is 0.167. The average Bonchev–Trinajstić information content (AvgIpc) is 2.49. The van der Waals surface area contributed by atoms with Crippen LogP contribution in [0.2, 0.25) is 5.02 Å². The predicted molar refractivity (Wildman–Crippen MR) is 90.9 cm³/mol. The van der Waals surface area contributed by atoms with E-state index in [0.717, 1.165) is 11.1 Å². The van der Waals surface area contributed by atoms with Gasteiger partial charge in [0.15, 0.2) is 0 Å². The van der Waals surface area contributed by atoms with E-state index in [1.54, 1.807) is 30.3 Å². The van der Waals surface area contributed by atoms with Crippen LogP contribution in [0, 0.1) is 6.92 Å². The van der Waals surface area contributed by atoms with Gasteiger partial charge in [-0.2, -0.15) is 0 Å². The Morgan fingerprint density at radius 1 is 1.27 bits per heavy atom. The van der Waals surface area contributed by atoms with Crippen molar-refractivity contribution >= 4 is 23.2 Å². The van der Waals surface area contributed by atoms with Gasteiger partial charge in [0, 0.05) is 16.3 Å². The first-order valence-electron chi connectivity index (χ1n) is 6.90. The van der Waals surface area contributed by atoms with Crippen molar-refractivity contribution in [2.45, 2.75) is 13.8 Å². The third kappa shape index (κ3) is 4.37. The summed E-state index contributed by atoms with van der Waals surface area (Å²) in [7, 11) is 0. The summed E-state index contributed by atoms with van der Waals surface area (Å²) in [6.45, 7) is 8.02. The Labute approximate surface area is 135 Å². The van der Waals surface area contributed by atoms with Gasteiger partial charge in [-0.05, 0) is 55.3 Å². The molecule has 0 aliphatic carbocycles. The molecular formula is C18H18ClNO2. The van der Waals surface area contributed by atoms with Crippen molar-refractivity contribution in [3.8, 4) is 5.75 Å². The molecule has 0 saturated carbocycles. The van der Waals surface area contributed by atoms with Crippen LogP contribution in [0.5, 0.6) is 5.75 Å². The molecule has 3 nitrogen and oxygen atoms in total. The SMILES string of the molecule is C=C(C)COc1cccc(C(=O)Nc2cc(Cl)ccc2C)c1. The van der Waals surface area contributed by atoms with Crippen molar-refractivity contribution in [2.75, 3.05) is 11.9 Å². The Bertz CT molecular complexity index is 710. The second-order valence-corrected chi connectivity index (χ2v) is 5.62. The molecule has 0 aliphatic rings. The first-order valence-corrected chi connectivity index (χ1v) is 7.28. The number of ether oxygens (including phenoxy) is 1. The number of carbonyl (C=O) groups is 1. The van der Waals surface area contributed by atoms with E-state index in [1.165, 1.54) is 0 Å². The maximum Gasteiger partial charge on any atom is 0.255 e. The largest absolute Gasteiger partial charge is 0.489 e. The summed E-state index contributed by atoms with van der Waals surface area (Å²) in [5, 5.41) is 3.45. The van der Waals surface area contributed by atoms with Crippen LogP contribution in [0.3, 0.4) is 0 Å². The van der Waals surface area contributed by atoms with E-state index < -0.39 is 0 Å². The lowest BCUT2D eigenvalue weighted by Crippen LogP contribution is -2.13. The van der Waals surface area contributed by atoms with Crippen molar-refractivity contribution in [1.29, 1.82) is 0 Å². The Morgan fingerprint density at radius 3 is 2.77 bits per heavy atom. The molecule has 0 unspecified atom stereocenters. The van der Waals surface area contributed by atoms with Gasteiger partial charge in [-0.25, -0.2) is 0 Å². The fourth-order valence-electron chi connectivity index (χ4n) is 1.86. The van der Waals surface area contributed by atoms with Gasteiger partial charge in [0.05, 0.1) is 0 Å². The number of carbonyl (C=O) groups excluding carboxylic acids is 1. The summed E-state index contributed by atoms with van der Waals surface area (Å²) in [5.74, 6) is 0.435. The smallest absolute Gasteiger partial charge is 0.255 e. The zero-order valence-electron chi connectivity index (χ0n) is 12.7. The highest BCUT2D eigenvalue weighted by atomic mass is 35.5. The molecule has 1 amide bonds. The van der Waals surface area contributed by atoms with Crippen molar-refractivity contribution in [3.63, 3.8) is 0 Å². The van der Waals surface area contributed by atoms with Crippen LogP contribution in [0.1, 0.15) is 22.8 Å². The Hall–Kier alpha value is -2.26. The molecule has 0 aliphatic heterocycles. The molecule has 4 heteroatoms. The van der Waals surface area contributed by atoms with Crippen LogP contribution in [-0.4, -0.2) is 12.5 Å². The number of rotatable bonds is 5. The highest BCUT2D eigenvalue weighted by Crippen LogP contribution is 2.21. The van der Waals surface area contributed by atoms with Gasteiger partial charge >= 0.3 is 0 Å². The molecule has 114 valence electrons. The van der Waals surface area contributed by atoms with E-state index in [9.17, 15) is 4.79 Å². The number of nitrogens with one attached hydrogen (secondary N) is 1. The van der Waals surface area contributed by atoms with E-state index >= 15 is 0 Å². The van der Waals surface area contributed by atoms with Crippen molar-refractivity contribution < 1.29 is 9.53 Å². The maximum atomic E-state index is 12.3. The van der Waals surface area contributed by atoms with Gasteiger partial charge in [0.1, 0.15) is 12.4 Å². The summed E-state index contributed by atoms with van der Waals surface area (Å²) in [6, 6.07) is 12.4. The fourth-order valence-corrected chi connectivity index (χ4v) is 2.03. The van der Waals surface area contributed by atoms with Gasteiger partial charge in [0.25, 0.3) is 5.91 Å². The minimum Gasteiger partial charge on any atom is -0.489 e. The summed E-state index contributed by atoms with van der Waals surface area (Å²) < 4.78 is 5.55. The van der Waals surface area contributed by atoms with Gasteiger partial charge in [0.2, 0.25) is 0 Å². The Balaban J connectivity index is 2.14. The van der Waals surface area contributed by atoms with Crippen LogP contribution in [0.4, 0.5) is 5.69 Å². The van der Waals surface area contributed by atoms with Crippen LogP contribution >= 0.6 is 11.6 Å². The van der Waals surface area contributed by atoms with Crippen LogP contribution < -0.4 is 10.1 Å². The summed E-state index contributed by atoms with van der Waals surface area (Å²) in [6.07, 6.45) is 0. The summed E-state index contributed by atoms with van der Waals surface area (Å²) in [4.78, 5) is 12.3. The number of anilines is 1. The molecule has 0 spiro atoms. The van der Waals surface area contributed by atoms with Crippen LogP contribution in [0.25, 0.3) is 0 Å². The molecular weight excluding hydrogens is 298 g/mol. The lowest BCUT2D eigenvalue weighted by molar-refractivity contribution is 0.102. The van der Waals surface area contributed by atoms with Gasteiger partial charge < -0.3 is 10.1 Å². The first kappa shape index (κ1) is 16.1. The molecule has 0 bridgehead atoms. The molecule has 0 saturated heterocycles. The van der Waals surface area contributed by atoms with E-state index in [1.807, 2.05) is 26.0 Å². The van der Waals surface area contributed by atoms with E-state index in [4.69, 9.17) is 16.3 Å². The topological polar surface area (TPSA) is 38.3 Å². The highest BCUT2D eigenvalue weighted by Gasteiger charge is 2.09. The summed E-state index contributed by atoms with van der Waals surface area (Å²) >= 11 is 5.96. The molecule has 1 N–H and O–H groups in total. The molecule has 0 aromatic heterocycles. The minimum atomic E-state index is -0.203. The second kappa shape index (κ2) is 7.14. The Kier molecular flexibility index (Phi) is 5.23. The van der Waals surface area contributed by atoms with Gasteiger partial charge in [-0.15, -0.1) is 0 Å². The number of aryl methyl sites for hydroxylation is 1. The predicted octanol–water partition coefficient (Wildman–Crippen LogP) is 4.86. The molecule has 2 aromatic carbocycles. The maximum absolute atomic E-state index is 12.3. The molecule has 0 heterocycles. The van der Waals surface area contributed by atoms with Gasteiger partial charge in [-0.1, -0.05) is 30.3 Å². The third-order valence-corrected chi connectivity index (χ3v) is 3.26. The number of hydrogen-bond donors (Lipinski definition) is 1.